The molecular formula is C40H37NOSi. The average Bonchev–Trinajstić information content (AvgIpc) is 3.39. The summed E-state index contributed by atoms with van der Waals surface area (Å²) in [5.74, 6) is 0. The summed E-state index contributed by atoms with van der Waals surface area (Å²) in [6.07, 6.45) is 3.40. The van der Waals surface area contributed by atoms with Crippen molar-refractivity contribution in [2.45, 2.75) is 51.4 Å². The van der Waals surface area contributed by atoms with Crippen LogP contribution in [0.15, 0.2) is 120 Å². The smallest absolute Gasteiger partial charge is 0.135 e. The molecule has 0 bridgehead atoms. The summed E-state index contributed by atoms with van der Waals surface area (Å²) in [5.41, 5.74) is 12.3. The van der Waals surface area contributed by atoms with Crippen LogP contribution in [0.3, 0.4) is 0 Å². The maximum absolute atomic E-state index is 6.37. The zero-order valence-corrected chi connectivity index (χ0v) is 26.6. The van der Waals surface area contributed by atoms with E-state index in [1.54, 1.807) is 0 Å². The Bertz CT molecular complexity index is 2060. The molecule has 0 N–H and O–H groups in total. The monoisotopic (exact) mass is 575 g/mol. The number of fused-ring (bicyclic) bond motifs is 7. The Balaban J connectivity index is 1.26. The molecule has 3 heteroatoms. The molecule has 1 unspecified atom stereocenters. The molecule has 43 heavy (non-hydrogen) atoms. The zero-order chi connectivity index (χ0) is 29.5. The number of benzene rings is 5. The predicted molar refractivity (Wildman–Crippen MR) is 186 cm³/mol. The van der Waals surface area contributed by atoms with E-state index in [-0.39, 0.29) is 11.5 Å². The van der Waals surface area contributed by atoms with E-state index in [1.807, 2.05) is 0 Å². The molecule has 0 fully saturated rings. The minimum Gasteiger partial charge on any atom is -0.456 e. The molecule has 8 rings (SSSR count). The van der Waals surface area contributed by atoms with E-state index < -0.39 is 8.07 Å². The fourth-order valence-electron chi connectivity index (χ4n) is 7.45. The first-order valence-corrected chi connectivity index (χ1v) is 18.9. The minimum atomic E-state index is -1.32. The van der Waals surface area contributed by atoms with Gasteiger partial charge in [-0.25, -0.2) is 0 Å². The maximum Gasteiger partial charge on any atom is 0.135 e. The molecule has 0 saturated carbocycles. The van der Waals surface area contributed by atoms with Crippen molar-refractivity contribution in [1.29, 1.82) is 0 Å². The van der Waals surface area contributed by atoms with E-state index in [2.05, 4.69) is 154 Å². The van der Waals surface area contributed by atoms with Crippen LogP contribution in [-0.4, -0.2) is 14.1 Å². The molecule has 1 atom stereocenters. The molecule has 0 amide bonds. The zero-order valence-electron chi connectivity index (χ0n) is 25.6. The van der Waals surface area contributed by atoms with E-state index in [0.29, 0.717) is 0 Å². The largest absolute Gasteiger partial charge is 0.456 e. The molecule has 0 saturated heterocycles. The average molecular weight is 576 g/mol. The van der Waals surface area contributed by atoms with Crippen LogP contribution >= 0.6 is 0 Å². The predicted octanol–water partition coefficient (Wildman–Crippen LogP) is 10.2. The van der Waals surface area contributed by atoms with Gasteiger partial charge in [-0.1, -0.05) is 118 Å². The maximum atomic E-state index is 6.37. The lowest BCUT2D eigenvalue weighted by atomic mass is 9.81. The first-order chi connectivity index (χ1) is 20.7. The van der Waals surface area contributed by atoms with Gasteiger partial charge in [-0.05, 0) is 76.2 Å². The number of hydrogen-bond donors (Lipinski definition) is 0. The third-order valence-corrected chi connectivity index (χ3v) is 11.8. The molecule has 212 valence electrons. The van der Waals surface area contributed by atoms with Crippen molar-refractivity contribution in [1.82, 2.24) is 0 Å². The standard InChI is InChI=1S/C40H37NOSi/c1-40(2)35-25-38-34(31-11-7-9-13-37(31)42-38)24-33(35)32-23-18-28-10-6-8-12-36(28)41(39(32)40)29-19-14-26(15-20-29)27-16-21-30(22-17-27)43(3,4)5/h6-17,19-25,39H,18H2,1-5H3. The van der Waals surface area contributed by atoms with Gasteiger partial charge < -0.3 is 9.32 Å². The molecule has 1 aliphatic carbocycles. The summed E-state index contributed by atoms with van der Waals surface area (Å²) in [7, 11) is -1.32. The lowest BCUT2D eigenvalue weighted by Crippen LogP contribution is -2.42. The SMILES string of the molecule is CC1(C)c2cc3oc4ccccc4c3cc2C2=CCc3ccccc3N(c3ccc(-c4ccc([Si](C)(C)C)cc4)cc3)C21. The van der Waals surface area contributed by atoms with Crippen molar-refractivity contribution in [3.05, 3.63) is 132 Å². The second kappa shape index (κ2) is 9.33. The number of allylic oxidation sites excluding steroid dienone is 1. The van der Waals surface area contributed by atoms with Gasteiger partial charge >= 0.3 is 0 Å². The first kappa shape index (κ1) is 26.3. The van der Waals surface area contributed by atoms with Gasteiger partial charge in [-0.2, -0.15) is 0 Å². The topological polar surface area (TPSA) is 16.4 Å². The van der Waals surface area contributed by atoms with E-state index in [9.17, 15) is 0 Å². The van der Waals surface area contributed by atoms with Gasteiger partial charge in [-0.3, -0.25) is 0 Å². The summed E-state index contributed by atoms with van der Waals surface area (Å²) >= 11 is 0. The molecule has 1 aromatic heterocycles. The second-order valence-electron chi connectivity index (χ2n) is 13.9. The molecule has 1 aliphatic heterocycles. The number of hydrogen-bond acceptors (Lipinski definition) is 2. The van der Waals surface area contributed by atoms with Crippen LogP contribution in [0.5, 0.6) is 0 Å². The molecule has 2 aliphatic rings. The third kappa shape index (κ3) is 4.06. The van der Waals surface area contributed by atoms with Crippen molar-refractivity contribution in [3.63, 3.8) is 0 Å². The number of para-hydroxylation sites is 2. The summed E-state index contributed by atoms with van der Waals surface area (Å²) in [6.45, 7) is 12.0. The highest BCUT2D eigenvalue weighted by Gasteiger charge is 2.48. The van der Waals surface area contributed by atoms with Gasteiger partial charge in [0, 0.05) is 27.6 Å². The van der Waals surface area contributed by atoms with Crippen LogP contribution < -0.4 is 10.1 Å². The lowest BCUT2D eigenvalue weighted by molar-refractivity contribution is 0.490. The van der Waals surface area contributed by atoms with Gasteiger partial charge in [0.05, 0.1) is 14.1 Å². The normalized spacial score (nSPS) is 17.4. The minimum absolute atomic E-state index is 0.142. The van der Waals surface area contributed by atoms with Gasteiger partial charge in [0.1, 0.15) is 11.2 Å². The Hall–Kier alpha value is -4.34. The van der Waals surface area contributed by atoms with Gasteiger partial charge in [-0.15, -0.1) is 0 Å². The van der Waals surface area contributed by atoms with E-state index in [4.69, 9.17) is 4.42 Å². The molecule has 0 spiro atoms. The molecule has 5 aromatic carbocycles. The Kier molecular flexibility index (Phi) is 5.70. The second-order valence-corrected chi connectivity index (χ2v) is 18.9. The van der Waals surface area contributed by atoms with Crippen LogP contribution in [0.2, 0.25) is 19.6 Å². The highest BCUT2D eigenvalue weighted by molar-refractivity contribution is 6.88. The van der Waals surface area contributed by atoms with Crippen molar-refractivity contribution < 1.29 is 4.42 Å². The van der Waals surface area contributed by atoms with Crippen molar-refractivity contribution in [2.24, 2.45) is 0 Å². The highest BCUT2D eigenvalue weighted by Crippen LogP contribution is 2.54. The molecule has 2 heterocycles. The van der Waals surface area contributed by atoms with Crippen LogP contribution in [-0.2, 0) is 11.8 Å². The van der Waals surface area contributed by atoms with E-state index in [1.165, 1.54) is 60.7 Å². The number of furan rings is 1. The Morgan fingerprint density at radius 2 is 1.40 bits per heavy atom. The van der Waals surface area contributed by atoms with E-state index in [0.717, 1.165) is 17.6 Å². The van der Waals surface area contributed by atoms with Crippen LogP contribution in [0.25, 0.3) is 38.6 Å². The Morgan fingerprint density at radius 3 is 2.14 bits per heavy atom. The molecule has 0 radical (unpaired) electrons. The van der Waals surface area contributed by atoms with Gasteiger partial charge in [0.25, 0.3) is 0 Å². The first-order valence-electron chi connectivity index (χ1n) is 15.4. The summed E-state index contributed by atoms with van der Waals surface area (Å²) in [6, 6.07) is 40.7. The molecule has 2 nitrogen and oxygen atoms in total. The van der Waals surface area contributed by atoms with Crippen molar-refractivity contribution in [2.75, 3.05) is 4.90 Å². The molecule has 6 aromatic rings. The van der Waals surface area contributed by atoms with Crippen LogP contribution in [0.4, 0.5) is 11.4 Å². The molecular weight excluding hydrogens is 539 g/mol. The Morgan fingerprint density at radius 1 is 0.721 bits per heavy atom. The number of nitrogens with zero attached hydrogens (tertiary/aromatic N) is 1. The van der Waals surface area contributed by atoms with Crippen molar-refractivity contribution >= 4 is 52.1 Å². The summed E-state index contributed by atoms with van der Waals surface area (Å²) in [4.78, 5) is 2.60. The van der Waals surface area contributed by atoms with Gasteiger partial charge in [0.15, 0.2) is 0 Å². The highest BCUT2D eigenvalue weighted by atomic mass is 28.3. The quantitative estimate of drug-likeness (QED) is 0.195. The van der Waals surface area contributed by atoms with Crippen molar-refractivity contribution in [3.8, 4) is 11.1 Å². The Labute approximate surface area is 255 Å². The van der Waals surface area contributed by atoms with E-state index >= 15 is 0 Å². The summed E-state index contributed by atoms with van der Waals surface area (Å²) in [5, 5.41) is 3.88. The van der Waals surface area contributed by atoms with Crippen LogP contribution in [0.1, 0.15) is 30.5 Å². The number of anilines is 2. The third-order valence-electron chi connectivity index (χ3n) is 9.78. The fourth-order valence-corrected chi connectivity index (χ4v) is 8.62. The van der Waals surface area contributed by atoms with Crippen LogP contribution in [0, 0.1) is 0 Å². The fraction of sp³-hybridized carbons (Fsp3) is 0.200. The van der Waals surface area contributed by atoms with Gasteiger partial charge in [0.2, 0.25) is 0 Å². The number of rotatable bonds is 3. The lowest BCUT2D eigenvalue weighted by Gasteiger charge is -2.40. The summed E-state index contributed by atoms with van der Waals surface area (Å²) < 4.78 is 6.37.